The highest BCUT2D eigenvalue weighted by Crippen LogP contribution is 2.44. The van der Waals surface area contributed by atoms with Gasteiger partial charge in [-0.1, -0.05) is 17.4 Å². The topological polar surface area (TPSA) is 119 Å². The van der Waals surface area contributed by atoms with Crippen LogP contribution in [0.4, 0.5) is 5.13 Å². The van der Waals surface area contributed by atoms with Crippen molar-refractivity contribution in [1.29, 1.82) is 0 Å². The second kappa shape index (κ2) is 9.19. The number of Topliss-reactive ketones (excluding diaryl/α,β-unsaturated/α-hetero) is 1. The summed E-state index contributed by atoms with van der Waals surface area (Å²) in [6.45, 7) is 5.47. The molecule has 2 aliphatic heterocycles. The van der Waals surface area contributed by atoms with Gasteiger partial charge in [0.1, 0.15) is 22.5 Å². The van der Waals surface area contributed by atoms with E-state index in [-0.39, 0.29) is 34.1 Å². The number of aliphatic hydroxyl groups is 1. The molecule has 1 fully saturated rings. The Bertz CT molecular complexity index is 1410. The molecule has 1 amide bonds. The fourth-order valence-electron chi connectivity index (χ4n) is 4.48. The Hall–Kier alpha value is -4.05. The first-order chi connectivity index (χ1) is 17.3. The van der Waals surface area contributed by atoms with Crippen molar-refractivity contribution in [3.05, 3.63) is 75.6 Å². The molecule has 4 heterocycles. The Kier molecular flexibility index (Phi) is 6.05. The van der Waals surface area contributed by atoms with E-state index in [9.17, 15) is 19.5 Å². The molecule has 36 heavy (non-hydrogen) atoms. The molecule has 184 valence electrons. The van der Waals surface area contributed by atoms with Gasteiger partial charge in [0.15, 0.2) is 5.13 Å². The third-order valence-electron chi connectivity index (χ3n) is 6.07. The lowest BCUT2D eigenvalue weighted by Crippen LogP contribution is -2.29. The van der Waals surface area contributed by atoms with Gasteiger partial charge in [-0.3, -0.25) is 19.5 Å². The second-order valence-electron chi connectivity index (χ2n) is 8.54. The van der Waals surface area contributed by atoms with Crippen molar-refractivity contribution < 1.29 is 29.0 Å². The van der Waals surface area contributed by atoms with Gasteiger partial charge in [0.2, 0.25) is 0 Å². The maximum atomic E-state index is 13.3. The normalized spacial score (nSPS) is 20.4. The van der Waals surface area contributed by atoms with E-state index < -0.39 is 23.7 Å². The van der Waals surface area contributed by atoms with Crippen LogP contribution in [0, 0.1) is 6.92 Å². The van der Waals surface area contributed by atoms with E-state index in [1.807, 2.05) is 6.92 Å². The Morgan fingerprint density at radius 3 is 2.83 bits per heavy atom. The molecule has 3 aromatic rings. The molecule has 0 radical (unpaired) electrons. The van der Waals surface area contributed by atoms with Crippen molar-refractivity contribution in [3.8, 4) is 5.75 Å². The van der Waals surface area contributed by atoms with Crippen LogP contribution in [0.2, 0.25) is 0 Å². The number of hydrogen-bond donors (Lipinski definition) is 1. The highest BCUT2D eigenvalue weighted by atomic mass is 32.1. The number of nitrogens with zero attached hydrogens (tertiary/aromatic N) is 3. The van der Waals surface area contributed by atoms with E-state index in [2.05, 4.69) is 9.97 Å². The van der Waals surface area contributed by atoms with E-state index in [0.29, 0.717) is 23.2 Å². The van der Waals surface area contributed by atoms with Crippen LogP contribution in [-0.4, -0.2) is 45.4 Å². The highest BCUT2D eigenvalue weighted by Gasteiger charge is 2.48. The van der Waals surface area contributed by atoms with Gasteiger partial charge in [-0.05, 0) is 56.2 Å². The molecule has 1 aromatic carbocycles. The van der Waals surface area contributed by atoms with Crippen LogP contribution in [0.15, 0.2) is 48.3 Å². The van der Waals surface area contributed by atoms with Crippen LogP contribution in [0.1, 0.15) is 51.9 Å². The van der Waals surface area contributed by atoms with Crippen molar-refractivity contribution in [2.24, 2.45) is 0 Å². The van der Waals surface area contributed by atoms with Crippen molar-refractivity contribution in [2.45, 2.75) is 39.3 Å². The van der Waals surface area contributed by atoms with E-state index in [0.717, 1.165) is 22.6 Å². The summed E-state index contributed by atoms with van der Waals surface area (Å²) in [5, 5.41) is 11.5. The molecule has 0 saturated carbocycles. The van der Waals surface area contributed by atoms with Crippen LogP contribution in [-0.2, 0) is 20.7 Å². The van der Waals surface area contributed by atoms with Gasteiger partial charge in [-0.15, -0.1) is 0 Å². The first-order valence-electron chi connectivity index (χ1n) is 11.5. The number of ketones is 1. The van der Waals surface area contributed by atoms with Gasteiger partial charge in [0.25, 0.3) is 5.78 Å². The molecule has 10 heteroatoms. The summed E-state index contributed by atoms with van der Waals surface area (Å²) in [6.07, 6.45) is 3.79. The Morgan fingerprint density at radius 1 is 1.31 bits per heavy atom. The Balaban J connectivity index is 1.65. The number of amides is 1. The van der Waals surface area contributed by atoms with Crippen molar-refractivity contribution in [3.63, 3.8) is 0 Å². The molecule has 9 nitrogen and oxygen atoms in total. The van der Waals surface area contributed by atoms with Crippen LogP contribution in [0.3, 0.4) is 0 Å². The maximum absolute atomic E-state index is 13.3. The summed E-state index contributed by atoms with van der Waals surface area (Å²) in [6, 6.07) is 7.59. The molecule has 0 spiro atoms. The molecule has 2 unspecified atom stereocenters. The Morgan fingerprint density at radius 2 is 2.11 bits per heavy atom. The van der Waals surface area contributed by atoms with E-state index in [1.165, 1.54) is 11.1 Å². The summed E-state index contributed by atoms with van der Waals surface area (Å²) in [5.74, 6) is -1.83. The van der Waals surface area contributed by atoms with Crippen LogP contribution < -0.4 is 9.64 Å². The summed E-state index contributed by atoms with van der Waals surface area (Å²) >= 11 is 0.961. The van der Waals surface area contributed by atoms with E-state index >= 15 is 0 Å². The number of thiazole rings is 1. The fourth-order valence-corrected chi connectivity index (χ4v) is 5.47. The zero-order valence-corrected chi connectivity index (χ0v) is 20.7. The lowest BCUT2D eigenvalue weighted by Gasteiger charge is -2.22. The molecule has 0 bridgehead atoms. The summed E-state index contributed by atoms with van der Waals surface area (Å²) in [7, 11) is 0. The van der Waals surface area contributed by atoms with Crippen LogP contribution >= 0.6 is 11.3 Å². The number of anilines is 1. The van der Waals surface area contributed by atoms with Gasteiger partial charge < -0.3 is 14.6 Å². The number of fused-ring (bicyclic) bond motifs is 1. The van der Waals surface area contributed by atoms with Crippen molar-refractivity contribution in [2.75, 3.05) is 11.5 Å². The largest absolute Gasteiger partial charge is 0.507 e. The average Bonchev–Trinajstić information content (AvgIpc) is 3.51. The predicted molar refractivity (Wildman–Crippen MR) is 132 cm³/mol. The molecule has 1 saturated heterocycles. The number of aryl methyl sites for hydroxylation is 1. The standard InChI is InChI=1S/C26H23N3O6S/c1-4-34-25(33)23-14(3)28-26(36-23)29-20(16-6-5-9-27-12-16)19(22(31)24(29)32)21(30)15-7-8-18-17(11-15)10-13(2)35-18/h5-9,11-13,20,30H,4,10H2,1-3H3/b21-19-. The predicted octanol–water partition coefficient (Wildman–Crippen LogP) is 3.97. The summed E-state index contributed by atoms with van der Waals surface area (Å²) < 4.78 is 10.8. The average molecular weight is 506 g/mol. The smallest absolute Gasteiger partial charge is 0.350 e. The highest BCUT2D eigenvalue weighted by molar-refractivity contribution is 7.17. The zero-order valence-electron chi connectivity index (χ0n) is 19.8. The molecule has 2 atom stereocenters. The van der Waals surface area contributed by atoms with Gasteiger partial charge in [0, 0.05) is 24.4 Å². The first-order valence-corrected chi connectivity index (χ1v) is 12.3. The third-order valence-corrected chi connectivity index (χ3v) is 7.20. The minimum Gasteiger partial charge on any atom is -0.507 e. The van der Waals surface area contributed by atoms with Gasteiger partial charge in [-0.2, -0.15) is 0 Å². The molecule has 5 rings (SSSR count). The number of esters is 1. The molecule has 1 N–H and O–H groups in total. The fraction of sp³-hybridized carbons (Fsp3) is 0.269. The minimum absolute atomic E-state index is 0.0140. The number of carbonyl (C=O) groups is 3. The van der Waals surface area contributed by atoms with Crippen LogP contribution in [0.25, 0.3) is 5.76 Å². The van der Waals surface area contributed by atoms with E-state index in [1.54, 1.807) is 50.4 Å². The minimum atomic E-state index is -0.984. The molecule has 2 aromatic heterocycles. The number of ether oxygens (including phenoxy) is 2. The van der Waals surface area contributed by atoms with E-state index in [4.69, 9.17) is 9.47 Å². The number of carbonyl (C=O) groups excluding carboxylic acids is 3. The first kappa shape index (κ1) is 23.7. The zero-order chi connectivity index (χ0) is 25.6. The van der Waals surface area contributed by atoms with Gasteiger partial charge >= 0.3 is 11.9 Å². The number of aromatic nitrogens is 2. The molecule has 2 aliphatic rings. The monoisotopic (exact) mass is 505 g/mol. The van der Waals surface area contributed by atoms with Crippen LogP contribution in [0.5, 0.6) is 5.75 Å². The maximum Gasteiger partial charge on any atom is 0.350 e. The molecule has 0 aliphatic carbocycles. The SMILES string of the molecule is CCOC(=O)c1sc(N2C(=O)C(=O)/C(=C(\O)c3ccc4c(c3)CC(C)O4)C2c2cccnc2)nc1C. The lowest BCUT2D eigenvalue weighted by molar-refractivity contribution is -0.132. The van der Waals surface area contributed by atoms with Crippen molar-refractivity contribution in [1.82, 2.24) is 9.97 Å². The lowest BCUT2D eigenvalue weighted by atomic mass is 9.95. The number of aliphatic hydroxyl groups excluding tert-OH is 1. The quantitative estimate of drug-likeness (QED) is 0.239. The summed E-state index contributed by atoms with van der Waals surface area (Å²) in [4.78, 5) is 49.0. The summed E-state index contributed by atoms with van der Waals surface area (Å²) in [5.41, 5.74) is 2.13. The number of benzene rings is 1. The van der Waals surface area contributed by atoms with Gasteiger partial charge in [0.05, 0.1) is 23.9 Å². The number of hydrogen-bond acceptors (Lipinski definition) is 9. The third kappa shape index (κ3) is 3.93. The second-order valence-corrected chi connectivity index (χ2v) is 9.52. The number of pyridine rings is 1. The van der Waals surface area contributed by atoms with Crippen molar-refractivity contribution >= 4 is 39.9 Å². The molecular weight excluding hydrogens is 482 g/mol. The molecular formula is C26H23N3O6S. The Labute approximate surface area is 211 Å². The van der Waals surface area contributed by atoms with Gasteiger partial charge in [-0.25, -0.2) is 9.78 Å². The number of rotatable bonds is 5.